The molecule has 0 heterocycles. The first kappa shape index (κ1) is 17.8. The van der Waals surface area contributed by atoms with E-state index in [2.05, 4.69) is 5.32 Å². The van der Waals surface area contributed by atoms with Gasteiger partial charge in [-0.05, 0) is 32.3 Å². The second-order valence-electron chi connectivity index (χ2n) is 5.42. The van der Waals surface area contributed by atoms with Gasteiger partial charge in [0.25, 0.3) is 0 Å². The Morgan fingerprint density at radius 3 is 2.48 bits per heavy atom. The van der Waals surface area contributed by atoms with Gasteiger partial charge in [-0.2, -0.15) is 0 Å². The summed E-state index contributed by atoms with van der Waals surface area (Å²) in [5, 5.41) is 2.71. The molecule has 1 aromatic rings. The molecule has 0 atom stereocenters. The first-order chi connectivity index (χ1) is 9.68. The Labute approximate surface area is 130 Å². The molecule has 1 N–H and O–H groups in total. The molecule has 21 heavy (non-hydrogen) atoms. The minimum atomic E-state index is -3.49. The number of halogens is 1. The highest BCUT2D eigenvalue weighted by atomic mass is 35.7. The summed E-state index contributed by atoms with van der Waals surface area (Å²) in [6, 6.07) is 9.35. The molecular weight excluding hydrogens is 314 g/mol. The van der Waals surface area contributed by atoms with Gasteiger partial charge in [-0.1, -0.05) is 30.3 Å². The van der Waals surface area contributed by atoms with Crippen molar-refractivity contribution >= 4 is 25.8 Å². The molecule has 0 saturated carbocycles. The predicted octanol–water partition coefficient (Wildman–Crippen LogP) is 3.04. The van der Waals surface area contributed by atoms with Gasteiger partial charge in [0.1, 0.15) is 6.61 Å². The number of carbonyl (C=O) groups is 1. The summed E-state index contributed by atoms with van der Waals surface area (Å²) in [4.78, 5) is 11.7. The minimum Gasteiger partial charge on any atom is -0.445 e. The quantitative estimate of drug-likeness (QED) is 0.778. The van der Waals surface area contributed by atoms with E-state index in [1.165, 1.54) is 0 Å². The molecular formula is C14H20ClNO4S. The van der Waals surface area contributed by atoms with Gasteiger partial charge in [0.05, 0.1) is 5.75 Å². The number of hydrogen-bond acceptors (Lipinski definition) is 4. The second-order valence-corrected chi connectivity index (χ2v) is 8.31. The second kappa shape index (κ2) is 7.66. The maximum absolute atomic E-state index is 11.7. The molecule has 1 rings (SSSR count). The molecule has 118 valence electrons. The first-order valence-corrected chi connectivity index (χ1v) is 9.07. The standard InChI is InChI=1S/C14H20ClNO4S/c1-14(2,9-6-10-21(15,18)19)16-13(17)20-11-12-7-4-3-5-8-12/h3-5,7-8H,6,9-11H2,1-2H3,(H,16,17). The lowest BCUT2D eigenvalue weighted by atomic mass is 9.99. The van der Waals surface area contributed by atoms with Gasteiger partial charge in [0.2, 0.25) is 9.05 Å². The molecule has 0 unspecified atom stereocenters. The topological polar surface area (TPSA) is 72.5 Å². The maximum atomic E-state index is 11.7. The summed E-state index contributed by atoms with van der Waals surface area (Å²) in [5.41, 5.74) is 0.341. The fourth-order valence-electron chi connectivity index (χ4n) is 1.78. The number of ether oxygens (including phenoxy) is 1. The van der Waals surface area contributed by atoms with E-state index in [-0.39, 0.29) is 12.4 Å². The maximum Gasteiger partial charge on any atom is 0.407 e. The van der Waals surface area contributed by atoms with Gasteiger partial charge in [-0.3, -0.25) is 0 Å². The van der Waals surface area contributed by atoms with E-state index in [1.807, 2.05) is 30.3 Å². The van der Waals surface area contributed by atoms with E-state index < -0.39 is 20.7 Å². The number of amides is 1. The molecule has 0 aliphatic carbocycles. The Bertz CT molecular complexity index is 558. The van der Waals surface area contributed by atoms with Crippen molar-refractivity contribution in [3.8, 4) is 0 Å². The average Bonchev–Trinajstić information content (AvgIpc) is 2.35. The van der Waals surface area contributed by atoms with Crippen LogP contribution in [0.15, 0.2) is 30.3 Å². The number of benzene rings is 1. The van der Waals surface area contributed by atoms with Crippen molar-refractivity contribution in [2.75, 3.05) is 5.75 Å². The van der Waals surface area contributed by atoms with E-state index >= 15 is 0 Å². The van der Waals surface area contributed by atoms with Crippen molar-refractivity contribution in [1.82, 2.24) is 5.32 Å². The van der Waals surface area contributed by atoms with Crippen LogP contribution in [0.1, 0.15) is 32.3 Å². The number of alkyl carbamates (subject to hydrolysis) is 1. The third-order valence-corrected chi connectivity index (χ3v) is 4.08. The van der Waals surface area contributed by atoms with E-state index in [9.17, 15) is 13.2 Å². The van der Waals surface area contributed by atoms with Crippen LogP contribution in [0.25, 0.3) is 0 Å². The van der Waals surface area contributed by atoms with E-state index in [0.717, 1.165) is 5.56 Å². The van der Waals surface area contributed by atoms with Gasteiger partial charge in [-0.15, -0.1) is 0 Å². The lowest BCUT2D eigenvalue weighted by molar-refractivity contribution is 0.128. The molecule has 0 aliphatic heterocycles. The van der Waals surface area contributed by atoms with Crippen LogP contribution < -0.4 is 5.32 Å². The fraction of sp³-hybridized carbons (Fsp3) is 0.500. The molecule has 1 amide bonds. The molecule has 0 fully saturated rings. The Morgan fingerprint density at radius 1 is 1.29 bits per heavy atom. The third-order valence-electron chi connectivity index (χ3n) is 2.84. The lowest BCUT2D eigenvalue weighted by Crippen LogP contribution is -2.43. The van der Waals surface area contributed by atoms with E-state index in [1.54, 1.807) is 13.8 Å². The monoisotopic (exact) mass is 333 g/mol. The zero-order chi connectivity index (χ0) is 15.9. The van der Waals surface area contributed by atoms with Crippen LogP contribution in [0.3, 0.4) is 0 Å². The number of hydrogen-bond donors (Lipinski definition) is 1. The average molecular weight is 334 g/mol. The molecule has 7 heteroatoms. The van der Waals surface area contributed by atoms with Crippen LogP contribution in [0.5, 0.6) is 0 Å². The summed E-state index contributed by atoms with van der Waals surface area (Å²) >= 11 is 0. The molecule has 1 aromatic carbocycles. The molecule has 0 radical (unpaired) electrons. The molecule has 0 saturated heterocycles. The van der Waals surface area contributed by atoms with Gasteiger partial charge in [-0.25, -0.2) is 13.2 Å². The van der Waals surface area contributed by atoms with Gasteiger partial charge >= 0.3 is 6.09 Å². The zero-order valence-corrected chi connectivity index (χ0v) is 13.7. The van der Waals surface area contributed by atoms with Crippen molar-refractivity contribution in [2.24, 2.45) is 0 Å². The van der Waals surface area contributed by atoms with E-state index in [4.69, 9.17) is 15.4 Å². The summed E-state index contributed by atoms with van der Waals surface area (Å²) in [6.45, 7) is 3.80. The lowest BCUT2D eigenvalue weighted by Gasteiger charge is -2.25. The molecule has 0 aliphatic rings. The largest absolute Gasteiger partial charge is 0.445 e. The normalized spacial score (nSPS) is 12.0. The smallest absolute Gasteiger partial charge is 0.407 e. The van der Waals surface area contributed by atoms with Gasteiger partial charge in [0, 0.05) is 16.2 Å². The number of rotatable bonds is 7. The van der Waals surface area contributed by atoms with Crippen LogP contribution in [0.2, 0.25) is 0 Å². The van der Waals surface area contributed by atoms with Crippen molar-refractivity contribution in [3.05, 3.63) is 35.9 Å². The number of nitrogens with one attached hydrogen (secondary N) is 1. The Morgan fingerprint density at radius 2 is 1.90 bits per heavy atom. The van der Waals surface area contributed by atoms with Gasteiger partial charge in [0.15, 0.2) is 0 Å². The van der Waals surface area contributed by atoms with Crippen LogP contribution in [0, 0.1) is 0 Å². The third kappa shape index (κ3) is 8.57. The van der Waals surface area contributed by atoms with Crippen LogP contribution >= 0.6 is 10.7 Å². The molecule has 0 spiro atoms. The molecule has 0 bridgehead atoms. The highest BCUT2D eigenvalue weighted by Gasteiger charge is 2.21. The van der Waals surface area contributed by atoms with Crippen LogP contribution in [0.4, 0.5) is 4.79 Å². The molecule has 0 aromatic heterocycles. The highest BCUT2D eigenvalue weighted by Crippen LogP contribution is 2.14. The predicted molar refractivity (Wildman–Crippen MR) is 82.7 cm³/mol. The van der Waals surface area contributed by atoms with Crippen molar-refractivity contribution < 1.29 is 17.9 Å². The molecule has 5 nitrogen and oxygen atoms in total. The Kier molecular flexibility index (Phi) is 6.48. The van der Waals surface area contributed by atoms with E-state index in [0.29, 0.717) is 12.8 Å². The first-order valence-electron chi connectivity index (χ1n) is 6.59. The summed E-state index contributed by atoms with van der Waals surface area (Å²) < 4.78 is 26.8. The zero-order valence-electron chi connectivity index (χ0n) is 12.1. The van der Waals surface area contributed by atoms with Crippen LogP contribution in [-0.4, -0.2) is 25.8 Å². The van der Waals surface area contributed by atoms with Gasteiger partial charge < -0.3 is 10.1 Å². The van der Waals surface area contributed by atoms with Crippen molar-refractivity contribution in [1.29, 1.82) is 0 Å². The summed E-state index contributed by atoms with van der Waals surface area (Å²) in [5.74, 6) is -0.112. The van der Waals surface area contributed by atoms with Crippen LogP contribution in [-0.2, 0) is 20.4 Å². The SMILES string of the molecule is CC(C)(CCCS(=O)(=O)Cl)NC(=O)OCc1ccccc1. The summed E-state index contributed by atoms with van der Waals surface area (Å²) in [7, 11) is 1.65. The highest BCUT2D eigenvalue weighted by molar-refractivity contribution is 8.13. The minimum absolute atomic E-state index is 0.112. The fourth-order valence-corrected chi connectivity index (χ4v) is 2.60. The Hall–Kier alpha value is -1.27. The number of carbonyl (C=O) groups excluding carboxylic acids is 1. The van der Waals surface area contributed by atoms with Crippen molar-refractivity contribution in [3.63, 3.8) is 0 Å². The van der Waals surface area contributed by atoms with Crippen molar-refractivity contribution in [2.45, 2.75) is 38.8 Å². The summed E-state index contributed by atoms with van der Waals surface area (Å²) in [6.07, 6.45) is 0.328. The Balaban J connectivity index is 2.35.